The monoisotopic (exact) mass is 333 g/mol. The summed E-state index contributed by atoms with van der Waals surface area (Å²) in [6.07, 6.45) is 4.61. The van der Waals surface area contributed by atoms with Crippen LogP contribution in [0.2, 0.25) is 0 Å². The Hall–Kier alpha value is -1.40. The molecule has 2 aliphatic heterocycles. The first-order valence-corrected chi connectivity index (χ1v) is 9.26. The zero-order valence-corrected chi connectivity index (χ0v) is 14.4. The summed E-state index contributed by atoms with van der Waals surface area (Å²) < 4.78 is 10.7. The Morgan fingerprint density at radius 1 is 1.29 bits per heavy atom. The highest BCUT2D eigenvalue weighted by molar-refractivity contribution is 5.92. The Balaban J connectivity index is 1.29. The number of aromatic nitrogens is 1. The van der Waals surface area contributed by atoms with Gasteiger partial charge < -0.3 is 19.5 Å². The van der Waals surface area contributed by atoms with Crippen LogP contribution in [0.1, 0.15) is 54.8 Å². The highest BCUT2D eigenvalue weighted by Crippen LogP contribution is 2.40. The van der Waals surface area contributed by atoms with Crippen molar-refractivity contribution in [3.05, 3.63) is 17.5 Å². The van der Waals surface area contributed by atoms with Gasteiger partial charge in [0.15, 0.2) is 5.69 Å². The van der Waals surface area contributed by atoms with E-state index in [4.69, 9.17) is 9.26 Å². The lowest BCUT2D eigenvalue weighted by Gasteiger charge is -2.26. The third-order valence-electron chi connectivity index (χ3n) is 5.60. The molecule has 2 atom stereocenters. The minimum atomic E-state index is -0.101. The van der Waals surface area contributed by atoms with Crippen LogP contribution in [-0.4, -0.2) is 54.9 Å². The van der Waals surface area contributed by atoms with Gasteiger partial charge in [0.1, 0.15) is 5.76 Å². The first kappa shape index (κ1) is 16.1. The van der Waals surface area contributed by atoms with Gasteiger partial charge in [-0.1, -0.05) is 12.1 Å². The first-order chi connectivity index (χ1) is 11.7. The van der Waals surface area contributed by atoms with Gasteiger partial charge in [0.05, 0.1) is 0 Å². The molecule has 2 saturated heterocycles. The minimum Gasteiger partial charge on any atom is -0.381 e. The molecule has 0 radical (unpaired) electrons. The van der Waals surface area contributed by atoms with E-state index in [0.29, 0.717) is 17.5 Å². The van der Waals surface area contributed by atoms with Crippen LogP contribution >= 0.6 is 0 Å². The predicted molar refractivity (Wildman–Crippen MR) is 88.9 cm³/mol. The summed E-state index contributed by atoms with van der Waals surface area (Å²) in [4.78, 5) is 14.9. The van der Waals surface area contributed by atoms with Gasteiger partial charge in [-0.2, -0.15) is 0 Å². The van der Waals surface area contributed by atoms with Crippen LogP contribution in [0.15, 0.2) is 10.6 Å². The van der Waals surface area contributed by atoms with Gasteiger partial charge in [-0.05, 0) is 37.5 Å². The topological polar surface area (TPSA) is 67.6 Å². The quantitative estimate of drug-likeness (QED) is 0.893. The lowest BCUT2D eigenvalue weighted by Crippen LogP contribution is -2.40. The van der Waals surface area contributed by atoms with E-state index in [1.165, 1.54) is 0 Å². The summed E-state index contributed by atoms with van der Waals surface area (Å²) in [6.45, 7) is 7.10. The van der Waals surface area contributed by atoms with Crippen molar-refractivity contribution in [3.8, 4) is 0 Å². The van der Waals surface area contributed by atoms with Crippen molar-refractivity contribution in [3.63, 3.8) is 0 Å². The summed E-state index contributed by atoms with van der Waals surface area (Å²) in [7, 11) is 0. The number of nitrogens with zero attached hydrogens (tertiary/aromatic N) is 2. The van der Waals surface area contributed by atoms with Gasteiger partial charge in [0, 0.05) is 50.9 Å². The Kier molecular flexibility index (Phi) is 4.59. The Morgan fingerprint density at radius 3 is 2.83 bits per heavy atom. The van der Waals surface area contributed by atoms with E-state index in [9.17, 15) is 4.79 Å². The van der Waals surface area contributed by atoms with Crippen molar-refractivity contribution >= 4 is 5.91 Å². The lowest BCUT2D eigenvalue weighted by atomic mass is 10.00. The average molecular weight is 333 g/mol. The second-order valence-corrected chi connectivity index (χ2v) is 7.72. The molecule has 1 aromatic heterocycles. The molecule has 0 aromatic carbocycles. The van der Waals surface area contributed by atoms with Gasteiger partial charge in [-0.25, -0.2) is 0 Å². The number of carbonyl (C=O) groups excluding carboxylic acids is 1. The zero-order chi connectivity index (χ0) is 16.5. The van der Waals surface area contributed by atoms with E-state index in [1.54, 1.807) is 0 Å². The average Bonchev–Trinajstić information content (AvgIpc) is 3.21. The summed E-state index contributed by atoms with van der Waals surface area (Å²) in [5.41, 5.74) is 0.423. The lowest BCUT2D eigenvalue weighted by molar-refractivity contribution is 0.0550. The molecule has 1 saturated carbocycles. The molecule has 1 aromatic rings. The second kappa shape index (κ2) is 6.84. The van der Waals surface area contributed by atoms with Gasteiger partial charge >= 0.3 is 0 Å². The predicted octanol–water partition coefficient (Wildman–Crippen LogP) is 2.03. The summed E-state index contributed by atoms with van der Waals surface area (Å²) in [5, 5.41) is 7.10. The fourth-order valence-corrected chi connectivity index (χ4v) is 3.90. The van der Waals surface area contributed by atoms with E-state index in [-0.39, 0.29) is 11.9 Å². The molecule has 132 valence electrons. The summed E-state index contributed by atoms with van der Waals surface area (Å²) in [5.74, 6) is 2.44. The molecule has 3 heterocycles. The zero-order valence-electron chi connectivity index (χ0n) is 14.4. The Bertz CT molecular complexity index is 578. The van der Waals surface area contributed by atoms with Crippen LogP contribution in [-0.2, 0) is 4.74 Å². The third kappa shape index (κ3) is 3.64. The summed E-state index contributed by atoms with van der Waals surface area (Å²) in [6, 6.07) is 2.00. The van der Waals surface area contributed by atoms with Gasteiger partial charge in [-0.15, -0.1) is 0 Å². The number of hydrogen-bond acceptors (Lipinski definition) is 5. The van der Waals surface area contributed by atoms with Crippen LogP contribution in [0.4, 0.5) is 0 Å². The van der Waals surface area contributed by atoms with Crippen molar-refractivity contribution in [2.45, 2.75) is 44.6 Å². The molecule has 3 aliphatic rings. The van der Waals surface area contributed by atoms with E-state index in [0.717, 1.165) is 70.2 Å². The number of rotatable bonds is 5. The van der Waals surface area contributed by atoms with Crippen molar-refractivity contribution in [1.29, 1.82) is 0 Å². The minimum absolute atomic E-state index is 0.101. The van der Waals surface area contributed by atoms with E-state index in [1.807, 2.05) is 6.07 Å². The standard InChI is InChI=1S/C18H27N3O3/c1-12-9-21(10-13-4-6-23-7-5-13)11-16(12)19-18(22)15-8-17(24-20-15)14-2-3-14/h8,12-14,16H,2-7,9-11H2,1H3,(H,19,22)/t12-,16-/m0/s1. The number of nitrogens with one attached hydrogen (secondary N) is 1. The molecular formula is C18H27N3O3. The van der Waals surface area contributed by atoms with Crippen molar-refractivity contribution in [1.82, 2.24) is 15.4 Å². The van der Waals surface area contributed by atoms with Crippen molar-refractivity contribution < 1.29 is 14.1 Å². The van der Waals surface area contributed by atoms with Crippen LogP contribution in [0.25, 0.3) is 0 Å². The highest BCUT2D eigenvalue weighted by atomic mass is 16.5. The molecule has 0 spiro atoms. The van der Waals surface area contributed by atoms with Crippen molar-refractivity contribution in [2.24, 2.45) is 11.8 Å². The van der Waals surface area contributed by atoms with Crippen LogP contribution in [0.5, 0.6) is 0 Å². The number of ether oxygens (including phenoxy) is 1. The van der Waals surface area contributed by atoms with E-state index in [2.05, 4.69) is 22.3 Å². The van der Waals surface area contributed by atoms with E-state index < -0.39 is 0 Å². The largest absolute Gasteiger partial charge is 0.381 e. The molecule has 4 rings (SSSR count). The number of hydrogen-bond donors (Lipinski definition) is 1. The third-order valence-corrected chi connectivity index (χ3v) is 5.60. The molecule has 0 unspecified atom stereocenters. The molecular weight excluding hydrogens is 306 g/mol. The molecule has 6 nitrogen and oxygen atoms in total. The summed E-state index contributed by atoms with van der Waals surface area (Å²) >= 11 is 0. The van der Waals surface area contributed by atoms with Gasteiger partial charge in [0.2, 0.25) is 0 Å². The van der Waals surface area contributed by atoms with Crippen molar-refractivity contribution in [2.75, 3.05) is 32.8 Å². The normalized spacial score (nSPS) is 29.0. The van der Waals surface area contributed by atoms with Crippen LogP contribution in [0, 0.1) is 11.8 Å². The maximum Gasteiger partial charge on any atom is 0.273 e. The molecule has 1 N–H and O–H groups in total. The SMILES string of the molecule is C[C@H]1CN(CC2CCOCC2)C[C@@H]1NC(=O)c1cc(C2CC2)on1. The van der Waals surface area contributed by atoms with Crippen LogP contribution < -0.4 is 5.32 Å². The first-order valence-electron chi connectivity index (χ1n) is 9.26. The molecule has 1 amide bonds. The Labute approximate surface area is 142 Å². The molecule has 6 heteroatoms. The van der Waals surface area contributed by atoms with Gasteiger partial charge in [-0.3, -0.25) is 4.79 Å². The van der Waals surface area contributed by atoms with E-state index >= 15 is 0 Å². The molecule has 24 heavy (non-hydrogen) atoms. The molecule has 1 aliphatic carbocycles. The van der Waals surface area contributed by atoms with Gasteiger partial charge in [0.25, 0.3) is 5.91 Å². The van der Waals surface area contributed by atoms with Crippen LogP contribution in [0.3, 0.4) is 0 Å². The Morgan fingerprint density at radius 2 is 2.08 bits per heavy atom. The fraction of sp³-hybridized carbons (Fsp3) is 0.778. The second-order valence-electron chi connectivity index (χ2n) is 7.72. The number of carbonyl (C=O) groups is 1. The number of amides is 1. The maximum atomic E-state index is 12.4. The highest BCUT2D eigenvalue weighted by Gasteiger charge is 2.33. The maximum absolute atomic E-state index is 12.4. The molecule has 3 fully saturated rings. The fourth-order valence-electron chi connectivity index (χ4n) is 3.90. The smallest absolute Gasteiger partial charge is 0.273 e. The number of likely N-dealkylation sites (tertiary alicyclic amines) is 1. The molecule has 0 bridgehead atoms.